The number of carbonyl (C=O) groups is 1. The Labute approximate surface area is 266 Å². The summed E-state index contributed by atoms with van der Waals surface area (Å²) in [7, 11) is -1.34. The molecule has 2 heterocycles. The first-order valence-electron chi connectivity index (χ1n) is 14.1. The first-order valence-corrected chi connectivity index (χ1v) is 15.9. The van der Waals surface area contributed by atoms with Gasteiger partial charge in [0.1, 0.15) is 22.9 Å². The van der Waals surface area contributed by atoms with Crippen LogP contribution in [0.15, 0.2) is 48.9 Å². The highest BCUT2D eigenvalue weighted by Gasteiger charge is 2.36. The van der Waals surface area contributed by atoms with Crippen molar-refractivity contribution in [2.24, 2.45) is 0 Å². The number of aliphatic hydroxyl groups excluding tert-OH is 1. The Bertz CT molecular complexity index is 1790. The maximum absolute atomic E-state index is 15.9. The number of nitrogens with one attached hydrogen (secondary N) is 3. The van der Waals surface area contributed by atoms with Crippen molar-refractivity contribution in [2.75, 3.05) is 38.0 Å². The molecule has 0 bridgehead atoms. The van der Waals surface area contributed by atoms with E-state index in [-0.39, 0.29) is 48.0 Å². The Hall–Kier alpha value is -4.57. The molecule has 252 valence electrons. The molecule has 0 spiro atoms. The number of halogens is 4. The van der Waals surface area contributed by atoms with E-state index >= 15 is 4.39 Å². The highest BCUT2D eigenvalue weighted by molar-refractivity contribution is 7.51. The number of methoxy groups -OCH3 is 1. The molecule has 4 rings (SSSR count). The third-order valence-electron chi connectivity index (χ3n) is 6.66. The molecule has 0 saturated carbocycles. The monoisotopic (exact) mass is 681 g/mol. The number of alkyl halides is 3. The lowest BCUT2D eigenvalue weighted by molar-refractivity contribution is -0.137. The highest BCUT2D eigenvalue weighted by Crippen LogP contribution is 2.46. The van der Waals surface area contributed by atoms with Gasteiger partial charge in [0.2, 0.25) is 5.95 Å². The van der Waals surface area contributed by atoms with E-state index in [1.165, 1.54) is 61.6 Å². The first-order chi connectivity index (χ1) is 22.3. The van der Waals surface area contributed by atoms with Crippen molar-refractivity contribution in [1.29, 1.82) is 0 Å². The summed E-state index contributed by atoms with van der Waals surface area (Å²) in [5, 5.41) is 20.7. The fourth-order valence-electron chi connectivity index (χ4n) is 4.52. The molecular formula is C29H32F4N7O6P. The van der Waals surface area contributed by atoms with Crippen LogP contribution in [0.1, 0.15) is 34.8 Å². The van der Waals surface area contributed by atoms with E-state index in [9.17, 15) is 27.4 Å². The van der Waals surface area contributed by atoms with E-state index < -0.39 is 42.4 Å². The van der Waals surface area contributed by atoms with Crippen LogP contribution >= 0.6 is 7.60 Å². The molecule has 0 aliphatic carbocycles. The molecule has 1 atom stereocenters. The van der Waals surface area contributed by atoms with Crippen LogP contribution in [0.2, 0.25) is 0 Å². The van der Waals surface area contributed by atoms with Gasteiger partial charge < -0.3 is 35.2 Å². The van der Waals surface area contributed by atoms with Gasteiger partial charge in [-0.3, -0.25) is 14.0 Å². The number of amides is 1. The summed E-state index contributed by atoms with van der Waals surface area (Å²) in [5.41, 5.74) is -1.28. The predicted molar refractivity (Wildman–Crippen MR) is 164 cm³/mol. The van der Waals surface area contributed by atoms with Crippen LogP contribution < -0.4 is 20.7 Å². The third kappa shape index (κ3) is 8.62. The Kier molecular flexibility index (Phi) is 11.2. The van der Waals surface area contributed by atoms with Crippen LogP contribution in [0.4, 0.5) is 40.7 Å². The molecule has 47 heavy (non-hydrogen) atoms. The van der Waals surface area contributed by atoms with E-state index in [2.05, 4.69) is 31.0 Å². The Morgan fingerprint density at radius 1 is 1.13 bits per heavy atom. The maximum Gasteiger partial charge on any atom is 0.421 e. The van der Waals surface area contributed by atoms with Crippen molar-refractivity contribution in [3.8, 4) is 16.9 Å². The first kappa shape index (κ1) is 35.3. The molecule has 0 saturated heterocycles. The van der Waals surface area contributed by atoms with Gasteiger partial charge in [-0.2, -0.15) is 23.3 Å². The van der Waals surface area contributed by atoms with Crippen molar-refractivity contribution in [1.82, 2.24) is 25.1 Å². The Morgan fingerprint density at radius 2 is 1.87 bits per heavy atom. The van der Waals surface area contributed by atoms with Crippen LogP contribution in [0, 0.1) is 5.82 Å². The molecule has 4 aromatic rings. The van der Waals surface area contributed by atoms with Crippen molar-refractivity contribution in [3.63, 3.8) is 0 Å². The largest absolute Gasteiger partial charge is 0.495 e. The molecule has 13 nitrogen and oxygen atoms in total. The number of aromatic nitrogens is 4. The summed E-state index contributed by atoms with van der Waals surface area (Å²) in [4.78, 5) is 30.5. The molecule has 1 amide bonds. The van der Waals surface area contributed by atoms with E-state index in [4.69, 9.17) is 14.4 Å². The Morgan fingerprint density at radius 3 is 2.53 bits per heavy atom. The van der Waals surface area contributed by atoms with Gasteiger partial charge in [0.15, 0.2) is 0 Å². The van der Waals surface area contributed by atoms with E-state index in [1.807, 2.05) is 0 Å². The summed E-state index contributed by atoms with van der Waals surface area (Å²) < 4.78 is 81.9. The zero-order valence-electron chi connectivity index (χ0n) is 25.4. The van der Waals surface area contributed by atoms with Gasteiger partial charge in [-0.1, -0.05) is 6.07 Å². The number of benzene rings is 2. The van der Waals surface area contributed by atoms with E-state index in [1.54, 1.807) is 6.92 Å². The zero-order valence-corrected chi connectivity index (χ0v) is 26.3. The van der Waals surface area contributed by atoms with E-state index in [0.717, 1.165) is 0 Å². The molecule has 18 heteroatoms. The van der Waals surface area contributed by atoms with Crippen LogP contribution in [0.25, 0.3) is 11.1 Å². The van der Waals surface area contributed by atoms with E-state index in [0.29, 0.717) is 30.3 Å². The molecule has 2 aromatic carbocycles. The lowest BCUT2D eigenvalue weighted by Crippen LogP contribution is -2.22. The molecule has 0 aliphatic rings. The third-order valence-corrected chi connectivity index (χ3v) is 8.08. The van der Waals surface area contributed by atoms with Crippen molar-refractivity contribution in [3.05, 3.63) is 71.4 Å². The van der Waals surface area contributed by atoms with Gasteiger partial charge in [-0.25, -0.2) is 9.37 Å². The number of hydrogen-bond donors (Lipinski definition) is 5. The number of ether oxygens (including phenoxy) is 1. The maximum atomic E-state index is 15.9. The normalized spacial score (nSPS) is 12.8. The van der Waals surface area contributed by atoms with Gasteiger partial charge in [-0.15, -0.1) is 0 Å². The zero-order chi connectivity index (χ0) is 34.4. The minimum absolute atomic E-state index is 0.0279. The fourth-order valence-corrected chi connectivity index (χ4v) is 5.67. The number of rotatable bonds is 14. The SMILES string of the molecule is CCOP(=O)(O)Cc1ccc(Nc2ncc(C(F)(F)F)c(Nc3ccc(-c4cnn(CCCO)c4)c(F)c3C(=O)NC)n2)c(OC)c1. The predicted octanol–water partition coefficient (Wildman–Crippen LogP) is 5.46. The molecule has 5 N–H and O–H groups in total. The smallest absolute Gasteiger partial charge is 0.421 e. The Balaban J connectivity index is 1.71. The van der Waals surface area contributed by atoms with Gasteiger partial charge in [0, 0.05) is 43.7 Å². The summed E-state index contributed by atoms with van der Waals surface area (Å²) in [6, 6.07) is 6.93. The minimum Gasteiger partial charge on any atom is -0.495 e. The standard InChI is InChI=1S/C29H32F4N7O6P/c1-4-46-47(43,44)16-17-6-8-21(23(12-17)45-3)38-28-35-14-20(29(31,32)33)26(39-28)37-22-9-7-19(25(30)24(22)27(42)34-2)18-13-36-40(15-18)10-5-11-41/h6-9,12-15,41H,4-5,10-11,16H2,1-3H3,(H,34,42)(H,43,44)(H2,35,37,38,39). The van der Waals surface area contributed by atoms with Crippen LogP contribution in [0.3, 0.4) is 0 Å². The number of anilines is 4. The molecule has 0 radical (unpaired) electrons. The van der Waals surface area contributed by atoms with Gasteiger partial charge in [-0.05, 0) is 43.2 Å². The lowest BCUT2D eigenvalue weighted by atomic mass is 10.0. The van der Waals surface area contributed by atoms with Gasteiger partial charge in [0.25, 0.3) is 5.91 Å². The van der Waals surface area contributed by atoms with Gasteiger partial charge in [0.05, 0.1) is 43.0 Å². The van der Waals surface area contributed by atoms with Crippen LogP contribution in [-0.4, -0.2) is 63.0 Å². The highest BCUT2D eigenvalue weighted by atomic mass is 31.2. The summed E-state index contributed by atoms with van der Waals surface area (Å²) in [6.07, 6.45) is -1.43. The summed E-state index contributed by atoms with van der Waals surface area (Å²) >= 11 is 0. The average molecular weight is 682 g/mol. The molecule has 0 aliphatic heterocycles. The molecule has 2 aromatic heterocycles. The number of aryl methyl sites for hydroxylation is 1. The topological polar surface area (TPSA) is 173 Å². The molecule has 1 unspecified atom stereocenters. The number of aliphatic hydroxyl groups is 1. The van der Waals surface area contributed by atoms with Crippen molar-refractivity contribution >= 4 is 36.6 Å². The second kappa shape index (κ2) is 14.9. The number of carbonyl (C=O) groups excluding carboxylic acids is 1. The second-order valence-electron chi connectivity index (χ2n) is 9.95. The summed E-state index contributed by atoms with van der Waals surface area (Å²) in [5.74, 6) is -2.86. The van der Waals surface area contributed by atoms with Crippen LogP contribution in [-0.2, 0) is 28.0 Å². The second-order valence-corrected chi connectivity index (χ2v) is 11.8. The average Bonchev–Trinajstić information content (AvgIpc) is 3.48. The quantitative estimate of drug-likeness (QED) is 0.0846. The fraction of sp³-hybridized carbons (Fsp3) is 0.310. The summed E-state index contributed by atoms with van der Waals surface area (Å²) in [6.45, 7) is 1.90. The molecular weight excluding hydrogens is 649 g/mol. The number of hydrogen-bond acceptors (Lipinski definition) is 10. The van der Waals surface area contributed by atoms with Gasteiger partial charge >= 0.3 is 13.8 Å². The van der Waals surface area contributed by atoms with Crippen molar-refractivity contribution in [2.45, 2.75) is 32.2 Å². The van der Waals surface area contributed by atoms with Crippen LogP contribution in [0.5, 0.6) is 5.75 Å². The van der Waals surface area contributed by atoms with Crippen molar-refractivity contribution < 1.29 is 46.2 Å². The molecule has 0 fully saturated rings. The lowest BCUT2D eigenvalue weighted by Gasteiger charge is -2.18. The minimum atomic E-state index is -4.94. The number of nitrogens with zero attached hydrogens (tertiary/aromatic N) is 4.